The fraction of sp³-hybridized carbons (Fsp3) is 0.0645. The highest BCUT2D eigenvalue weighted by Gasteiger charge is 2.21. The van der Waals surface area contributed by atoms with Crippen LogP contribution in [-0.4, -0.2) is 31.4 Å². The summed E-state index contributed by atoms with van der Waals surface area (Å²) in [5.41, 5.74) is 7.23. The Labute approximate surface area is 211 Å². The van der Waals surface area contributed by atoms with Crippen molar-refractivity contribution in [3.63, 3.8) is 0 Å². The van der Waals surface area contributed by atoms with Crippen LogP contribution >= 0.6 is 0 Å². The minimum absolute atomic E-state index is 0.0117. The number of anilines is 3. The molecule has 0 saturated heterocycles. The Balaban J connectivity index is 0.000000148. The Hall–Kier alpha value is -4.77. The van der Waals surface area contributed by atoms with Crippen LogP contribution in [-0.2, 0) is 4.79 Å². The van der Waals surface area contributed by atoms with Crippen LogP contribution in [0.25, 0.3) is 0 Å². The molecule has 6 rings (SSSR count). The molecule has 4 aromatic carbocycles. The van der Waals surface area contributed by atoms with Gasteiger partial charge in [0.25, 0.3) is 5.91 Å². The molecule has 2 aliphatic rings. The first-order chi connectivity index (χ1) is 17.7. The molecule has 0 saturated carbocycles. The number of carbonyl (C=O) groups excluding carboxylic acids is 1. The van der Waals surface area contributed by atoms with Crippen molar-refractivity contribution in [1.29, 1.82) is 0 Å². The standard InChI is InChI=1S/C16H14N2.C15H12N2O/c1-18-12-11-17-16(13-7-3-2-4-8-13)14-9-5-6-10-15(14)18;18-15-11-16-10-12-6-4-5-9-14(12)17(15)13-7-2-1-3-8-13/h2-12H,1H3;1-10H,11H2. The van der Waals surface area contributed by atoms with Crippen LogP contribution in [0.4, 0.5) is 17.1 Å². The first-order valence-electron chi connectivity index (χ1n) is 11.8. The topological polar surface area (TPSA) is 48.3 Å². The lowest BCUT2D eigenvalue weighted by Crippen LogP contribution is -2.27. The smallest absolute Gasteiger partial charge is 0.253 e. The average molecular weight is 471 g/mol. The predicted octanol–water partition coefficient (Wildman–Crippen LogP) is 6.23. The summed E-state index contributed by atoms with van der Waals surface area (Å²) in [5.74, 6) is -0.0117. The van der Waals surface area contributed by atoms with Gasteiger partial charge in [0.2, 0.25) is 0 Å². The second kappa shape index (κ2) is 10.7. The van der Waals surface area contributed by atoms with Crippen molar-refractivity contribution in [2.45, 2.75) is 0 Å². The Morgan fingerprint density at radius 2 is 1.36 bits per heavy atom. The maximum atomic E-state index is 12.2. The number of hydrogen-bond acceptors (Lipinski definition) is 4. The predicted molar refractivity (Wildman–Crippen MR) is 149 cm³/mol. The normalized spacial score (nSPS) is 14.0. The van der Waals surface area contributed by atoms with Crippen LogP contribution in [0.2, 0.25) is 0 Å². The van der Waals surface area contributed by atoms with Crippen molar-refractivity contribution in [3.05, 3.63) is 138 Å². The van der Waals surface area contributed by atoms with E-state index in [4.69, 9.17) is 0 Å². The van der Waals surface area contributed by atoms with Crippen LogP contribution < -0.4 is 9.80 Å². The van der Waals surface area contributed by atoms with Gasteiger partial charge in [-0.2, -0.15) is 0 Å². The fourth-order valence-corrected chi connectivity index (χ4v) is 4.25. The molecule has 0 radical (unpaired) electrons. The number of benzene rings is 4. The molecular weight excluding hydrogens is 444 g/mol. The molecule has 5 heteroatoms. The van der Waals surface area contributed by atoms with E-state index in [1.165, 1.54) is 5.69 Å². The SMILES string of the molecule is CN1C=CN=C(c2ccccc2)c2ccccc21.O=C1CN=Cc2ccccc2N1c1ccccc1. The molecule has 0 aliphatic carbocycles. The quantitative estimate of drug-likeness (QED) is 0.349. The number of aliphatic imine (C=N–C) groups is 2. The van der Waals surface area contributed by atoms with Gasteiger partial charge in [-0.1, -0.05) is 84.9 Å². The summed E-state index contributed by atoms with van der Waals surface area (Å²) in [7, 11) is 2.04. The molecule has 2 aliphatic heterocycles. The van der Waals surface area contributed by atoms with Crippen LogP contribution in [0.1, 0.15) is 16.7 Å². The van der Waals surface area contributed by atoms with Crippen molar-refractivity contribution in [1.82, 2.24) is 0 Å². The lowest BCUT2D eigenvalue weighted by Gasteiger charge is -2.22. The number of fused-ring (bicyclic) bond motifs is 2. The number of para-hydroxylation sites is 3. The summed E-state index contributed by atoms with van der Waals surface area (Å²) in [6.07, 6.45) is 5.59. The zero-order valence-electron chi connectivity index (χ0n) is 20.0. The highest BCUT2D eigenvalue weighted by molar-refractivity contribution is 6.16. The van der Waals surface area contributed by atoms with Crippen LogP contribution in [0.5, 0.6) is 0 Å². The minimum atomic E-state index is -0.0117. The van der Waals surface area contributed by atoms with Crippen LogP contribution in [0.15, 0.2) is 132 Å². The minimum Gasteiger partial charge on any atom is -0.349 e. The molecule has 0 spiro atoms. The molecule has 2 heterocycles. The molecule has 4 aromatic rings. The summed E-state index contributed by atoms with van der Waals surface area (Å²) < 4.78 is 0. The molecule has 0 bridgehead atoms. The van der Waals surface area contributed by atoms with E-state index in [0.29, 0.717) is 0 Å². The van der Waals surface area contributed by atoms with Gasteiger partial charge in [-0.15, -0.1) is 0 Å². The molecule has 0 fully saturated rings. The van der Waals surface area contributed by atoms with Gasteiger partial charge < -0.3 is 4.90 Å². The number of amides is 1. The van der Waals surface area contributed by atoms with Crippen molar-refractivity contribution in [2.24, 2.45) is 9.98 Å². The molecule has 0 unspecified atom stereocenters. The second-order valence-electron chi connectivity index (χ2n) is 8.36. The highest BCUT2D eigenvalue weighted by atomic mass is 16.2. The summed E-state index contributed by atoms with van der Waals surface area (Å²) >= 11 is 0. The van der Waals surface area contributed by atoms with Crippen LogP contribution in [0.3, 0.4) is 0 Å². The van der Waals surface area contributed by atoms with E-state index in [1.807, 2.05) is 92.2 Å². The van der Waals surface area contributed by atoms with Gasteiger partial charge in [0.15, 0.2) is 0 Å². The van der Waals surface area contributed by atoms with E-state index >= 15 is 0 Å². The Morgan fingerprint density at radius 3 is 2.14 bits per heavy atom. The largest absolute Gasteiger partial charge is 0.349 e. The maximum absolute atomic E-state index is 12.2. The summed E-state index contributed by atoms with van der Waals surface area (Å²) in [6, 6.07) is 36.1. The lowest BCUT2D eigenvalue weighted by molar-refractivity contribution is -0.116. The van der Waals surface area contributed by atoms with Gasteiger partial charge in [0.05, 0.1) is 11.4 Å². The third-order valence-corrected chi connectivity index (χ3v) is 5.98. The van der Waals surface area contributed by atoms with E-state index in [1.54, 1.807) is 11.1 Å². The summed E-state index contributed by atoms with van der Waals surface area (Å²) in [4.78, 5) is 24.7. The van der Waals surface area contributed by atoms with Gasteiger partial charge in [0.1, 0.15) is 6.54 Å². The molecule has 1 amide bonds. The highest BCUT2D eigenvalue weighted by Crippen LogP contribution is 2.29. The van der Waals surface area contributed by atoms with Crippen molar-refractivity contribution < 1.29 is 4.79 Å². The van der Waals surface area contributed by atoms with Crippen molar-refractivity contribution in [3.8, 4) is 0 Å². The molecule has 176 valence electrons. The Morgan fingerprint density at radius 1 is 0.722 bits per heavy atom. The van der Waals surface area contributed by atoms with E-state index in [2.05, 4.69) is 51.3 Å². The fourth-order valence-electron chi connectivity index (χ4n) is 4.25. The number of hydrogen-bond donors (Lipinski definition) is 0. The third-order valence-electron chi connectivity index (χ3n) is 5.98. The Kier molecular flexibility index (Phi) is 6.81. The van der Waals surface area contributed by atoms with Gasteiger partial charge >= 0.3 is 0 Å². The van der Waals surface area contributed by atoms with Gasteiger partial charge in [0, 0.05) is 53.7 Å². The summed E-state index contributed by atoms with van der Waals surface area (Å²) in [5, 5.41) is 0. The van der Waals surface area contributed by atoms with E-state index in [-0.39, 0.29) is 12.5 Å². The van der Waals surface area contributed by atoms with Gasteiger partial charge in [-0.05, 0) is 24.3 Å². The number of benzodiazepines with no additional fused rings is 1. The molecule has 0 aromatic heterocycles. The number of nitrogens with zero attached hydrogens (tertiary/aromatic N) is 4. The first-order valence-corrected chi connectivity index (χ1v) is 11.8. The maximum Gasteiger partial charge on any atom is 0.253 e. The average Bonchev–Trinajstić information content (AvgIpc) is 3.21. The zero-order chi connectivity index (χ0) is 24.7. The molecule has 0 N–H and O–H groups in total. The second-order valence-corrected chi connectivity index (χ2v) is 8.36. The molecule has 36 heavy (non-hydrogen) atoms. The first kappa shape index (κ1) is 23.0. The molecular formula is C31H26N4O. The van der Waals surface area contributed by atoms with E-state index in [9.17, 15) is 4.79 Å². The molecule has 0 atom stereocenters. The monoisotopic (exact) mass is 470 g/mol. The van der Waals surface area contributed by atoms with Crippen molar-refractivity contribution >= 4 is 34.9 Å². The van der Waals surface area contributed by atoms with E-state index < -0.39 is 0 Å². The van der Waals surface area contributed by atoms with Gasteiger partial charge in [-0.3, -0.25) is 19.7 Å². The third kappa shape index (κ3) is 4.86. The van der Waals surface area contributed by atoms with Gasteiger partial charge in [-0.25, -0.2) is 0 Å². The van der Waals surface area contributed by atoms with Crippen molar-refractivity contribution in [2.75, 3.05) is 23.4 Å². The van der Waals surface area contributed by atoms with Crippen LogP contribution in [0, 0.1) is 0 Å². The molecule has 5 nitrogen and oxygen atoms in total. The number of rotatable bonds is 2. The number of carbonyl (C=O) groups is 1. The summed E-state index contributed by atoms with van der Waals surface area (Å²) in [6.45, 7) is 0.184. The Bertz CT molecular complexity index is 1440. The lowest BCUT2D eigenvalue weighted by atomic mass is 10.0. The van der Waals surface area contributed by atoms with E-state index in [0.717, 1.165) is 33.8 Å². The zero-order valence-corrected chi connectivity index (χ0v) is 20.0.